The highest BCUT2D eigenvalue weighted by Crippen LogP contribution is 2.21. The normalized spacial score (nSPS) is 11.9. The van der Waals surface area contributed by atoms with Gasteiger partial charge in [0.25, 0.3) is 0 Å². The third kappa shape index (κ3) is 3.52. The van der Waals surface area contributed by atoms with Crippen molar-refractivity contribution >= 4 is 17.5 Å². The van der Waals surface area contributed by atoms with Gasteiger partial charge in [0.05, 0.1) is 11.0 Å². The van der Waals surface area contributed by atoms with Gasteiger partial charge in [-0.15, -0.1) is 0 Å². The molecule has 0 bridgehead atoms. The Morgan fingerprint density at radius 1 is 1.65 bits per heavy atom. The number of aromatic nitrogens is 2. The van der Waals surface area contributed by atoms with Crippen LogP contribution in [-0.2, 0) is 4.74 Å². The third-order valence-electron chi connectivity index (χ3n) is 2.15. The first kappa shape index (κ1) is 13.1. The van der Waals surface area contributed by atoms with Crippen LogP contribution in [-0.4, -0.2) is 41.7 Å². The number of nitrogens with zero attached hydrogens (tertiary/aromatic N) is 3. The molecule has 1 aromatic heterocycles. The summed E-state index contributed by atoms with van der Waals surface area (Å²) in [6.07, 6.45) is 1.10. The van der Waals surface area contributed by atoms with Gasteiger partial charge in [-0.1, -0.05) is 0 Å². The Morgan fingerprint density at radius 3 is 2.88 bits per heavy atom. The van der Waals surface area contributed by atoms with E-state index in [0.29, 0.717) is 12.5 Å². The van der Waals surface area contributed by atoms with Crippen LogP contribution in [0.25, 0.3) is 0 Å². The molecule has 1 heterocycles. The second-order valence-corrected chi connectivity index (χ2v) is 3.36. The van der Waals surface area contributed by atoms with Gasteiger partial charge in [-0.3, -0.25) is 10.1 Å². The lowest BCUT2D eigenvalue weighted by molar-refractivity contribution is -0.384. The Hall–Kier alpha value is -1.96. The molecule has 0 radical (unpaired) electrons. The zero-order chi connectivity index (χ0) is 12.8. The number of hydrogen-bond acceptors (Lipinski definition) is 7. The van der Waals surface area contributed by atoms with E-state index in [1.54, 1.807) is 14.2 Å². The Morgan fingerprint density at radius 2 is 2.35 bits per heavy atom. The monoisotopic (exact) mass is 241 g/mol. The molecule has 94 valence electrons. The van der Waals surface area contributed by atoms with Crippen LogP contribution in [0, 0.1) is 10.1 Å². The summed E-state index contributed by atoms with van der Waals surface area (Å²) in [5, 5.41) is 16.4. The van der Waals surface area contributed by atoms with Gasteiger partial charge in [0.15, 0.2) is 0 Å². The molecule has 8 heteroatoms. The molecule has 0 amide bonds. The zero-order valence-electron chi connectivity index (χ0n) is 9.93. The second-order valence-electron chi connectivity index (χ2n) is 3.36. The molecule has 1 aromatic rings. The highest BCUT2D eigenvalue weighted by Gasteiger charge is 2.17. The number of ether oxygens (including phenoxy) is 1. The molecule has 1 rings (SSSR count). The van der Waals surface area contributed by atoms with E-state index < -0.39 is 4.92 Å². The fourth-order valence-corrected chi connectivity index (χ4v) is 1.08. The first-order valence-corrected chi connectivity index (χ1v) is 5.04. The van der Waals surface area contributed by atoms with Crippen LogP contribution in [0.4, 0.5) is 17.5 Å². The van der Waals surface area contributed by atoms with Gasteiger partial charge in [0, 0.05) is 20.7 Å². The molecule has 0 aliphatic carbocycles. The summed E-state index contributed by atoms with van der Waals surface area (Å²) < 4.78 is 5.04. The van der Waals surface area contributed by atoms with Gasteiger partial charge in [-0.2, -0.15) is 4.98 Å². The van der Waals surface area contributed by atoms with Crippen molar-refractivity contribution in [3.63, 3.8) is 0 Å². The second kappa shape index (κ2) is 5.94. The predicted molar refractivity (Wildman–Crippen MR) is 63.2 cm³/mol. The highest BCUT2D eigenvalue weighted by atomic mass is 16.6. The molecule has 0 fully saturated rings. The third-order valence-corrected chi connectivity index (χ3v) is 2.15. The van der Waals surface area contributed by atoms with E-state index in [2.05, 4.69) is 20.6 Å². The fourth-order valence-electron chi connectivity index (χ4n) is 1.08. The Bertz CT molecular complexity index is 398. The lowest BCUT2D eigenvalue weighted by Gasteiger charge is -2.11. The first-order valence-electron chi connectivity index (χ1n) is 5.04. The molecule has 0 spiro atoms. The summed E-state index contributed by atoms with van der Waals surface area (Å²) in [4.78, 5) is 18.0. The maximum absolute atomic E-state index is 10.8. The predicted octanol–water partition coefficient (Wildman–Crippen LogP) is 0.873. The zero-order valence-corrected chi connectivity index (χ0v) is 9.93. The lowest BCUT2D eigenvalue weighted by Crippen LogP contribution is -2.19. The highest BCUT2D eigenvalue weighted by molar-refractivity contribution is 5.56. The van der Waals surface area contributed by atoms with Crippen LogP contribution in [0.3, 0.4) is 0 Å². The molecular weight excluding hydrogens is 226 g/mol. The van der Waals surface area contributed by atoms with Gasteiger partial charge in [0.2, 0.25) is 11.8 Å². The minimum Gasteiger partial charge on any atom is -0.380 e. The molecule has 8 nitrogen and oxygen atoms in total. The Labute approximate surface area is 98.6 Å². The van der Waals surface area contributed by atoms with Crippen molar-refractivity contribution in [2.45, 2.75) is 13.0 Å². The Balaban J connectivity index is 2.89. The number of nitro groups is 1. The topological polar surface area (TPSA) is 102 Å². The van der Waals surface area contributed by atoms with Crippen molar-refractivity contribution in [1.29, 1.82) is 0 Å². The Kier molecular flexibility index (Phi) is 4.58. The number of rotatable bonds is 6. The maximum atomic E-state index is 10.8. The van der Waals surface area contributed by atoms with E-state index >= 15 is 0 Å². The first-order chi connectivity index (χ1) is 8.08. The van der Waals surface area contributed by atoms with Gasteiger partial charge in [0.1, 0.15) is 6.20 Å². The van der Waals surface area contributed by atoms with Crippen molar-refractivity contribution in [3.05, 3.63) is 16.3 Å². The van der Waals surface area contributed by atoms with Crippen molar-refractivity contribution in [3.8, 4) is 0 Å². The summed E-state index contributed by atoms with van der Waals surface area (Å²) in [7, 11) is 3.21. The van der Waals surface area contributed by atoms with Crippen LogP contribution >= 0.6 is 0 Å². The number of hydrogen-bond donors (Lipinski definition) is 2. The van der Waals surface area contributed by atoms with Crippen LogP contribution in [0.15, 0.2) is 6.20 Å². The van der Waals surface area contributed by atoms with E-state index in [4.69, 9.17) is 4.74 Å². The number of anilines is 2. The quantitative estimate of drug-likeness (QED) is 0.562. The number of nitrogens with one attached hydrogen (secondary N) is 2. The van der Waals surface area contributed by atoms with Crippen LogP contribution in [0.2, 0.25) is 0 Å². The summed E-state index contributed by atoms with van der Waals surface area (Å²) in [5.41, 5.74) is -0.160. The van der Waals surface area contributed by atoms with E-state index in [1.807, 2.05) is 6.92 Å². The van der Waals surface area contributed by atoms with Crippen molar-refractivity contribution in [2.24, 2.45) is 0 Å². The summed E-state index contributed by atoms with van der Waals surface area (Å²) in [5.74, 6) is 0.501. The van der Waals surface area contributed by atoms with Crippen molar-refractivity contribution in [1.82, 2.24) is 9.97 Å². The molecule has 2 N–H and O–H groups in total. The molecule has 0 aliphatic heterocycles. The van der Waals surface area contributed by atoms with E-state index in [-0.39, 0.29) is 17.6 Å². The van der Waals surface area contributed by atoms with Gasteiger partial charge < -0.3 is 15.4 Å². The largest absolute Gasteiger partial charge is 0.380 e. The fraction of sp³-hybridized carbons (Fsp3) is 0.556. The SMILES string of the molecule is CNc1ncc([N+](=O)[O-])c(NCC(C)OC)n1. The van der Waals surface area contributed by atoms with Crippen LogP contribution in [0.5, 0.6) is 0 Å². The van der Waals surface area contributed by atoms with Crippen LogP contribution in [0.1, 0.15) is 6.92 Å². The maximum Gasteiger partial charge on any atom is 0.329 e. The molecule has 17 heavy (non-hydrogen) atoms. The summed E-state index contributed by atoms with van der Waals surface area (Å²) in [6.45, 7) is 2.27. The van der Waals surface area contributed by atoms with Gasteiger partial charge in [-0.25, -0.2) is 4.98 Å². The van der Waals surface area contributed by atoms with Gasteiger partial charge in [-0.05, 0) is 6.92 Å². The summed E-state index contributed by atoms with van der Waals surface area (Å²) >= 11 is 0. The molecular formula is C9H15N5O3. The standard InChI is InChI=1S/C9H15N5O3/c1-6(17-3)4-11-8-7(14(15)16)5-12-9(10-2)13-8/h5-6H,4H2,1-3H3,(H2,10,11,12,13). The van der Waals surface area contributed by atoms with E-state index in [1.165, 1.54) is 6.20 Å². The molecule has 0 aliphatic rings. The number of methoxy groups -OCH3 is 1. The summed E-state index contributed by atoms with van der Waals surface area (Å²) in [6, 6.07) is 0. The molecule has 0 saturated carbocycles. The van der Waals surface area contributed by atoms with Crippen molar-refractivity contribution in [2.75, 3.05) is 31.3 Å². The van der Waals surface area contributed by atoms with E-state index in [0.717, 1.165) is 0 Å². The smallest absolute Gasteiger partial charge is 0.329 e. The van der Waals surface area contributed by atoms with Gasteiger partial charge >= 0.3 is 5.69 Å². The average molecular weight is 241 g/mol. The van der Waals surface area contributed by atoms with E-state index in [9.17, 15) is 10.1 Å². The molecule has 1 atom stereocenters. The minimum atomic E-state index is -0.529. The molecule has 1 unspecified atom stereocenters. The molecule has 0 saturated heterocycles. The van der Waals surface area contributed by atoms with Crippen LogP contribution < -0.4 is 10.6 Å². The van der Waals surface area contributed by atoms with Crippen molar-refractivity contribution < 1.29 is 9.66 Å². The molecule has 0 aromatic carbocycles. The average Bonchev–Trinajstić information content (AvgIpc) is 2.35. The minimum absolute atomic E-state index is 0.0670. The lowest BCUT2D eigenvalue weighted by atomic mass is 10.4.